The molecule has 0 spiro atoms. The summed E-state index contributed by atoms with van der Waals surface area (Å²) in [5.74, 6) is -0.0455. The molecule has 0 amide bonds. The maximum absolute atomic E-state index is 12.0. The largest absolute Gasteiger partial charge is 0.457 e. The quantitative estimate of drug-likeness (QED) is 0.452. The number of para-hydroxylation sites is 1. The summed E-state index contributed by atoms with van der Waals surface area (Å²) in [4.78, 5) is 16.5. The van der Waals surface area contributed by atoms with E-state index in [4.69, 9.17) is 16.3 Å². The molecular formula is C17H14ClNO2S2. The first-order chi connectivity index (χ1) is 11.1. The van der Waals surface area contributed by atoms with E-state index in [1.54, 1.807) is 17.4 Å². The lowest BCUT2D eigenvalue weighted by atomic mass is 10.1. The van der Waals surface area contributed by atoms with Gasteiger partial charge < -0.3 is 4.74 Å². The number of hydrogen-bond acceptors (Lipinski definition) is 5. The molecule has 0 bridgehead atoms. The van der Waals surface area contributed by atoms with Gasteiger partial charge in [0.05, 0.1) is 16.0 Å². The number of carbonyl (C=O) groups is 1. The Hall–Kier alpha value is -1.56. The van der Waals surface area contributed by atoms with Crippen molar-refractivity contribution in [3.05, 3.63) is 59.1 Å². The zero-order valence-corrected chi connectivity index (χ0v) is 14.8. The van der Waals surface area contributed by atoms with Crippen molar-refractivity contribution >= 4 is 50.9 Å². The van der Waals surface area contributed by atoms with Crippen molar-refractivity contribution in [1.29, 1.82) is 0 Å². The van der Waals surface area contributed by atoms with E-state index in [0.717, 1.165) is 20.1 Å². The van der Waals surface area contributed by atoms with Crippen LogP contribution in [0.1, 0.15) is 18.6 Å². The van der Waals surface area contributed by atoms with Crippen LogP contribution in [0.3, 0.4) is 0 Å². The third kappa shape index (κ3) is 4.05. The number of halogens is 1. The smallest absolute Gasteiger partial charge is 0.316 e. The maximum Gasteiger partial charge on any atom is 0.316 e. The van der Waals surface area contributed by atoms with Crippen molar-refractivity contribution < 1.29 is 9.53 Å². The van der Waals surface area contributed by atoms with Crippen LogP contribution in [0.25, 0.3) is 10.2 Å². The molecule has 2 aromatic carbocycles. The Morgan fingerprint density at radius 3 is 2.78 bits per heavy atom. The Bertz CT molecular complexity index is 801. The van der Waals surface area contributed by atoms with Gasteiger partial charge in [-0.05, 0) is 25.1 Å². The van der Waals surface area contributed by atoms with Gasteiger partial charge in [-0.15, -0.1) is 11.3 Å². The molecule has 0 fully saturated rings. The first kappa shape index (κ1) is 16.3. The monoisotopic (exact) mass is 363 g/mol. The van der Waals surface area contributed by atoms with E-state index in [-0.39, 0.29) is 17.8 Å². The fraction of sp³-hybridized carbons (Fsp3) is 0.176. The van der Waals surface area contributed by atoms with Gasteiger partial charge in [-0.3, -0.25) is 4.79 Å². The zero-order valence-electron chi connectivity index (χ0n) is 12.4. The Balaban J connectivity index is 1.58. The molecule has 6 heteroatoms. The number of thiazole rings is 1. The second-order valence-electron chi connectivity index (χ2n) is 4.89. The van der Waals surface area contributed by atoms with E-state index in [1.165, 1.54) is 11.8 Å². The number of hydrogen-bond donors (Lipinski definition) is 0. The van der Waals surface area contributed by atoms with Crippen molar-refractivity contribution in [1.82, 2.24) is 4.98 Å². The minimum Gasteiger partial charge on any atom is -0.457 e. The number of esters is 1. The molecule has 0 unspecified atom stereocenters. The Labute approximate surface area is 147 Å². The second kappa shape index (κ2) is 7.34. The molecule has 3 rings (SSSR count). The van der Waals surface area contributed by atoms with Gasteiger partial charge in [0, 0.05) is 10.6 Å². The van der Waals surface area contributed by atoms with E-state index < -0.39 is 0 Å². The van der Waals surface area contributed by atoms with E-state index in [0.29, 0.717) is 5.02 Å². The lowest BCUT2D eigenvalue weighted by Gasteiger charge is -2.14. The van der Waals surface area contributed by atoms with Crippen LogP contribution in [0.15, 0.2) is 52.9 Å². The van der Waals surface area contributed by atoms with Gasteiger partial charge in [0.1, 0.15) is 6.10 Å². The number of ether oxygens (including phenoxy) is 1. The fourth-order valence-electron chi connectivity index (χ4n) is 2.13. The normalized spacial score (nSPS) is 12.3. The summed E-state index contributed by atoms with van der Waals surface area (Å²) in [6.45, 7) is 1.82. The van der Waals surface area contributed by atoms with Crippen molar-refractivity contribution in [2.45, 2.75) is 17.4 Å². The predicted molar refractivity (Wildman–Crippen MR) is 96.3 cm³/mol. The van der Waals surface area contributed by atoms with Crippen LogP contribution in [0.5, 0.6) is 0 Å². The van der Waals surface area contributed by atoms with E-state index >= 15 is 0 Å². The highest BCUT2D eigenvalue weighted by molar-refractivity contribution is 8.01. The van der Waals surface area contributed by atoms with Gasteiger partial charge in [-0.2, -0.15) is 0 Å². The number of rotatable bonds is 5. The van der Waals surface area contributed by atoms with Gasteiger partial charge in [0.25, 0.3) is 0 Å². The molecule has 1 atom stereocenters. The van der Waals surface area contributed by atoms with Crippen molar-refractivity contribution in [2.24, 2.45) is 0 Å². The maximum atomic E-state index is 12.0. The van der Waals surface area contributed by atoms with Crippen LogP contribution in [-0.2, 0) is 9.53 Å². The van der Waals surface area contributed by atoms with Gasteiger partial charge in [0.2, 0.25) is 0 Å². The van der Waals surface area contributed by atoms with Crippen LogP contribution >= 0.6 is 34.7 Å². The molecule has 0 aliphatic carbocycles. The standard InChI is InChI=1S/C17H14ClNO2S2/c1-11(12-6-2-3-7-13(12)18)21-16(20)10-22-17-19-14-8-4-5-9-15(14)23-17/h2-9,11H,10H2,1H3/t11-/m0/s1. The number of benzene rings is 2. The van der Waals surface area contributed by atoms with Crippen LogP contribution in [0, 0.1) is 0 Å². The average Bonchev–Trinajstić information content (AvgIpc) is 2.96. The summed E-state index contributed by atoms with van der Waals surface area (Å²) >= 11 is 9.09. The highest BCUT2D eigenvalue weighted by atomic mass is 35.5. The third-order valence-electron chi connectivity index (χ3n) is 3.24. The van der Waals surface area contributed by atoms with Gasteiger partial charge in [-0.25, -0.2) is 4.98 Å². The van der Waals surface area contributed by atoms with Gasteiger partial charge in [0.15, 0.2) is 4.34 Å². The molecule has 0 aliphatic heterocycles. The zero-order chi connectivity index (χ0) is 16.2. The summed E-state index contributed by atoms with van der Waals surface area (Å²) in [6, 6.07) is 15.3. The number of fused-ring (bicyclic) bond motifs is 1. The van der Waals surface area contributed by atoms with Crippen LogP contribution in [0.4, 0.5) is 0 Å². The van der Waals surface area contributed by atoms with Crippen LogP contribution < -0.4 is 0 Å². The minimum atomic E-state index is -0.368. The molecule has 3 aromatic rings. The molecule has 23 heavy (non-hydrogen) atoms. The Morgan fingerprint density at radius 1 is 1.26 bits per heavy atom. The lowest BCUT2D eigenvalue weighted by molar-refractivity contribution is -0.145. The molecule has 118 valence electrons. The lowest BCUT2D eigenvalue weighted by Crippen LogP contribution is -2.11. The first-order valence-electron chi connectivity index (χ1n) is 7.06. The Morgan fingerprint density at radius 2 is 2.00 bits per heavy atom. The first-order valence-corrected chi connectivity index (χ1v) is 9.24. The van der Waals surface area contributed by atoms with Crippen molar-refractivity contribution in [3.8, 4) is 0 Å². The fourth-order valence-corrected chi connectivity index (χ4v) is 4.27. The topological polar surface area (TPSA) is 39.2 Å². The average molecular weight is 364 g/mol. The molecular weight excluding hydrogens is 350 g/mol. The molecule has 0 N–H and O–H groups in total. The highest BCUT2D eigenvalue weighted by Crippen LogP contribution is 2.30. The molecule has 3 nitrogen and oxygen atoms in total. The molecule has 0 aliphatic rings. The van der Waals surface area contributed by atoms with E-state index in [1.807, 2.05) is 49.4 Å². The number of thioether (sulfide) groups is 1. The summed E-state index contributed by atoms with van der Waals surface area (Å²) in [7, 11) is 0. The molecule has 0 saturated carbocycles. The van der Waals surface area contributed by atoms with E-state index in [9.17, 15) is 4.79 Å². The third-order valence-corrected chi connectivity index (χ3v) is 5.74. The minimum absolute atomic E-state index is 0.231. The Kier molecular flexibility index (Phi) is 5.20. The molecule has 0 radical (unpaired) electrons. The predicted octanol–water partition coefficient (Wildman–Crippen LogP) is 5.35. The van der Waals surface area contributed by atoms with Crippen molar-refractivity contribution in [3.63, 3.8) is 0 Å². The van der Waals surface area contributed by atoms with Crippen molar-refractivity contribution in [2.75, 3.05) is 5.75 Å². The summed E-state index contributed by atoms with van der Waals surface area (Å²) < 4.78 is 7.43. The molecule has 0 saturated heterocycles. The van der Waals surface area contributed by atoms with Gasteiger partial charge in [-0.1, -0.05) is 53.7 Å². The van der Waals surface area contributed by atoms with Crippen LogP contribution in [0.2, 0.25) is 5.02 Å². The summed E-state index contributed by atoms with van der Waals surface area (Å²) in [5, 5.41) is 0.603. The number of aromatic nitrogens is 1. The number of nitrogens with zero attached hydrogens (tertiary/aromatic N) is 1. The van der Waals surface area contributed by atoms with E-state index in [2.05, 4.69) is 4.98 Å². The molecule has 1 heterocycles. The van der Waals surface area contributed by atoms with Crippen LogP contribution in [-0.4, -0.2) is 16.7 Å². The SMILES string of the molecule is C[C@H](OC(=O)CSc1nc2ccccc2s1)c1ccccc1Cl. The summed E-state index contributed by atoms with van der Waals surface area (Å²) in [5.41, 5.74) is 1.77. The highest BCUT2D eigenvalue weighted by Gasteiger charge is 2.15. The number of carbonyl (C=O) groups excluding carboxylic acids is 1. The second-order valence-corrected chi connectivity index (χ2v) is 7.55. The summed E-state index contributed by atoms with van der Waals surface area (Å²) in [6.07, 6.45) is -0.368. The molecule has 1 aromatic heterocycles. The van der Waals surface area contributed by atoms with Gasteiger partial charge >= 0.3 is 5.97 Å².